The number of carbonyl (C=O) groups excluding carboxylic acids is 1. The minimum Gasteiger partial charge on any atom is -0.309 e. The van der Waals surface area contributed by atoms with Gasteiger partial charge in [-0.1, -0.05) is 38.3 Å². The molecule has 1 aliphatic carbocycles. The second-order valence-electron chi connectivity index (χ2n) is 6.01. The Morgan fingerprint density at radius 2 is 2.00 bits per heavy atom. The second-order valence-corrected chi connectivity index (χ2v) is 6.01. The van der Waals surface area contributed by atoms with Gasteiger partial charge in [-0.2, -0.15) is 0 Å². The van der Waals surface area contributed by atoms with E-state index in [2.05, 4.69) is 24.4 Å². The summed E-state index contributed by atoms with van der Waals surface area (Å²) in [5.41, 5.74) is 3.61. The zero-order chi connectivity index (χ0) is 13.2. The van der Waals surface area contributed by atoms with E-state index < -0.39 is 0 Å². The third kappa shape index (κ3) is 2.46. The van der Waals surface area contributed by atoms with Crippen LogP contribution in [0.2, 0.25) is 0 Å². The van der Waals surface area contributed by atoms with Gasteiger partial charge in [0.25, 0.3) is 0 Å². The normalized spacial score (nSPS) is 26.2. The van der Waals surface area contributed by atoms with Crippen LogP contribution in [0.5, 0.6) is 0 Å². The molecule has 2 aliphatic rings. The van der Waals surface area contributed by atoms with Gasteiger partial charge in [-0.05, 0) is 36.0 Å². The Morgan fingerprint density at radius 1 is 1.21 bits per heavy atom. The van der Waals surface area contributed by atoms with E-state index in [-0.39, 0.29) is 5.92 Å². The van der Waals surface area contributed by atoms with Crippen LogP contribution in [-0.4, -0.2) is 5.78 Å². The number of hydrogen-bond acceptors (Lipinski definition) is 2. The third-order valence-corrected chi connectivity index (χ3v) is 4.89. The van der Waals surface area contributed by atoms with Crippen molar-refractivity contribution in [1.82, 2.24) is 5.32 Å². The summed E-state index contributed by atoms with van der Waals surface area (Å²) in [6.45, 7) is 4.09. The van der Waals surface area contributed by atoms with Gasteiger partial charge in [0.2, 0.25) is 0 Å². The first-order valence-corrected chi connectivity index (χ1v) is 7.66. The largest absolute Gasteiger partial charge is 0.309 e. The smallest absolute Gasteiger partial charge is 0.166 e. The van der Waals surface area contributed by atoms with E-state index in [0.717, 1.165) is 31.5 Å². The maximum absolute atomic E-state index is 12.7. The van der Waals surface area contributed by atoms with E-state index >= 15 is 0 Å². The van der Waals surface area contributed by atoms with Gasteiger partial charge in [0, 0.05) is 24.6 Å². The molecule has 3 rings (SSSR count). The molecular weight excluding hydrogens is 234 g/mol. The Balaban J connectivity index is 1.82. The topological polar surface area (TPSA) is 29.1 Å². The van der Waals surface area contributed by atoms with E-state index in [1.807, 2.05) is 6.07 Å². The summed E-state index contributed by atoms with van der Waals surface area (Å²) >= 11 is 0. The summed E-state index contributed by atoms with van der Waals surface area (Å²) in [7, 11) is 0. The highest BCUT2D eigenvalue weighted by molar-refractivity contribution is 5.98. The summed E-state index contributed by atoms with van der Waals surface area (Å²) < 4.78 is 0. The molecule has 102 valence electrons. The standard InChI is InChI=1S/C17H23NO/c1-2-12-5-3-4-6-16(12)17(19)13-7-8-14-10-18-11-15(14)9-13/h7-9,12,16,18H,2-6,10-11H2,1H3. The molecule has 2 nitrogen and oxygen atoms in total. The van der Waals surface area contributed by atoms with Crippen LogP contribution in [0, 0.1) is 11.8 Å². The van der Waals surface area contributed by atoms with Gasteiger partial charge >= 0.3 is 0 Å². The van der Waals surface area contributed by atoms with E-state index in [1.165, 1.54) is 30.4 Å². The van der Waals surface area contributed by atoms with E-state index in [1.54, 1.807) is 0 Å². The van der Waals surface area contributed by atoms with Gasteiger partial charge in [0.1, 0.15) is 0 Å². The average Bonchev–Trinajstić information content (AvgIpc) is 2.93. The molecular formula is C17H23NO. The Morgan fingerprint density at radius 3 is 2.84 bits per heavy atom. The summed E-state index contributed by atoms with van der Waals surface area (Å²) in [4.78, 5) is 12.7. The lowest BCUT2D eigenvalue weighted by molar-refractivity contribution is 0.0820. The van der Waals surface area contributed by atoms with Crippen LogP contribution in [0.1, 0.15) is 60.5 Å². The number of Topliss-reactive ketones (excluding diaryl/α,β-unsaturated/α-hetero) is 1. The zero-order valence-corrected chi connectivity index (χ0v) is 11.7. The highest BCUT2D eigenvalue weighted by Gasteiger charge is 2.30. The summed E-state index contributed by atoms with van der Waals surface area (Å²) in [6, 6.07) is 6.29. The molecule has 0 radical (unpaired) electrons. The maximum Gasteiger partial charge on any atom is 0.166 e. The van der Waals surface area contributed by atoms with Crippen molar-refractivity contribution in [2.45, 2.75) is 52.1 Å². The van der Waals surface area contributed by atoms with Crippen molar-refractivity contribution in [3.8, 4) is 0 Å². The van der Waals surface area contributed by atoms with Crippen molar-refractivity contribution < 1.29 is 4.79 Å². The van der Waals surface area contributed by atoms with Gasteiger partial charge in [0.05, 0.1) is 0 Å². The molecule has 2 unspecified atom stereocenters. The summed E-state index contributed by atoms with van der Waals surface area (Å²) in [5.74, 6) is 1.26. The number of fused-ring (bicyclic) bond motifs is 1. The quantitative estimate of drug-likeness (QED) is 0.837. The predicted octanol–water partition coefficient (Wildman–Crippen LogP) is 3.69. The molecule has 1 N–H and O–H groups in total. The van der Waals surface area contributed by atoms with Gasteiger partial charge < -0.3 is 5.32 Å². The number of benzene rings is 1. The molecule has 1 saturated carbocycles. The molecule has 1 heterocycles. The van der Waals surface area contributed by atoms with Crippen LogP contribution in [0.4, 0.5) is 0 Å². The Hall–Kier alpha value is -1.15. The molecule has 1 aromatic carbocycles. The highest BCUT2D eigenvalue weighted by atomic mass is 16.1. The maximum atomic E-state index is 12.7. The SMILES string of the molecule is CCC1CCCCC1C(=O)c1ccc2c(c1)CNC2. The summed E-state index contributed by atoms with van der Waals surface area (Å²) in [6.07, 6.45) is 5.99. The Labute approximate surface area is 115 Å². The molecule has 0 spiro atoms. The fourth-order valence-corrected chi connectivity index (χ4v) is 3.70. The van der Waals surface area contributed by atoms with Gasteiger partial charge in [0.15, 0.2) is 5.78 Å². The van der Waals surface area contributed by atoms with E-state index in [9.17, 15) is 4.79 Å². The van der Waals surface area contributed by atoms with Crippen molar-refractivity contribution >= 4 is 5.78 Å². The van der Waals surface area contributed by atoms with Crippen LogP contribution in [0.15, 0.2) is 18.2 Å². The third-order valence-electron chi connectivity index (χ3n) is 4.89. The molecule has 1 fully saturated rings. The van der Waals surface area contributed by atoms with Crippen molar-refractivity contribution in [3.63, 3.8) is 0 Å². The lowest BCUT2D eigenvalue weighted by atomic mass is 9.74. The monoisotopic (exact) mass is 257 g/mol. The van der Waals surface area contributed by atoms with Crippen LogP contribution in [0.3, 0.4) is 0 Å². The second kappa shape index (κ2) is 5.46. The Kier molecular flexibility index (Phi) is 3.69. The number of nitrogens with one attached hydrogen (secondary N) is 1. The predicted molar refractivity (Wildman–Crippen MR) is 77.1 cm³/mol. The van der Waals surface area contributed by atoms with Gasteiger partial charge in [-0.15, -0.1) is 0 Å². The fraction of sp³-hybridized carbons (Fsp3) is 0.588. The summed E-state index contributed by atoms with van der Waals surface area (Å²) in [5, 5.41) is 3.34. The molecule has 0 saturated heterocycles. The van der Waals surface area contributed by atoms with Gasteiger partial charge in [-0.3, -0.25) is 4.79 Å². The van der Waals surface area contributed by atoms with Crippen molar-refractivity contribution in [3.05, 3.63) is 34.9 Å². The molecule has 0 bridgehead atoms. The number of ketones is 1. The molecule has 2 heteroatoms. The minimum absolute atomic E-state index is 0.270. The number of hydrogen-bond donors (Lipinski definition) is 1. The lowest BCUT2D eigenvalue weighted by Crippen LogP contribution is -2.27. The van der Waals surface area contributed by atoms with Crippen molar-refractivity contribution in [1.29, 1.82) is 0 Å². The first-order chi connectivity index (χ1) is 9.29. The number of rotatable bonds is 3. The van der Waals surface area contributed by atoms with E-state index in [4.69, 9.17) is 0 Å². The highest BCUT2D eigenvalue weighted by Crippen LogP contribution is 2.34. The van der Waals surface area contributed by atoms with Crippen LogP contribution in [0.25, 0.3) is 0 Å². The Bertz CT molecular complexity index is 480. The van der Waals surface area contributed by atoms with Crippen LogP contribution in [-0.2, 0) is 13.1 Å². The van der Waals surface area contributed by atoms with Crippen LogP contribution >= 0.6 is 0 Å². The average molecular weight is 257 g/mol. The van der Waals surface area contributed by atoms with Crippen LogP contribution < -0.4 is 5.32 Å². The molecule has 2 atom stereocenters. The fourth-order valence-electron chi connectivity index (χ4n) is 3.70. The van der Waals surface area contributed by atoms with Crippen molar-refractivity contribution in [2.75, 3.05) is 0 Å². The van der Waals surface area contributed by atoms with E-state index in [0.29, 0.717) is 11.7 Å². The first kappa shape index (κ1) is 12.9. The molecule has 1 aromatic rings. The van der Waals surface area contributed by atoms with Crippen molar-refractivity contribution in [2.24, 2.45) is 11.8 Å². The molecule has 1 aliphatic heterocycles. The molecule has 0 amide bonds. The molecule has 0 aromatic heterocycles. The number of carbonyl (C=O) groups is 1. The van der Waals surface area contributed by atoms with Gasteiger partial charge in [-0.25, -0.2) is 0 Å². The molecule has 19 heavy (non-hydrogen) atoms. The minimum atomic E-state index is 0.270. The first-order valence-electron chi connectivity index (χ1n) is 7.66. The lowest BCUT2D eigenvalue weighted by Gasteiger charge is -2.29. The zero-order valence-electron chi connectivity index (χ0n) is 11.7.